The zero-order valence-corrected chi connectivity index (χ0v) is 20.0. The fraction of sp³-hybridized carbons (Fsp3) is 0.200. The highest BCUT2D eigenvalue weighted by molar-refractivity contribution is 7.92. The number of sulfonamides is 1. The molecule has 0 aliphatic carbocycles. The monoisotopic (exact) mass is 502 g/mol. The summed E-state index contributed by atoms with van der Waals surface area (Å²) in [6, 6.07) is 13.9. The number of Topliss-reactive ketones (excluding diaryl/α,β-unsaturated/α-hetero) is 1. The van der Waals surface area contributed by atoms with Crippen LogP contribution >= 0.6 is 0 Å². The summed E-state index contributed by atoms with van der Waals surface area (Å²) in [6.07, 6.45) is -1.98. The van der Waals surface area contributed by atoms with Crippen LogP contribution in [-0.4, -0.2) is 25.2 Å². The summed E-state index contributed by atoms with van der Waals surface area (Å²) < 4.78 is 56.6. The van der Waals surface area contributed by atoms with Crippen molar-refractivity contribution in [3.63, 3.8) is 0 Å². The molecule has 0 fully saturated rings. The average Bonchev–Trinajstić information content (AvgIpc) is 2.80. The summed E-state index contributed by atoms with van der Waals surface area (Å²) in [6.45, 7) is 5.17. The number of rotatable bonds is 7. The number of carbonyl (C=O) groups is 2. The quantitative estimate of drug-likeness (QED) is 0.407. The van der Waals surface area contributed by atoms with Gasteiger partial charge < -0.3 is 10.4 Å². The highest BCUT2D eigenvalue weighted by Crippen LogP contribution is 2.28. The Kier molecular flexibility index (Phi) is 7.37. The molecule has 10 heteroatoms. The number of aliphatic hydroxyl groups is 1. The molecule has 35 heavy (non-hydrogen) atoms. The van der Waals surface area contributed by atoms with Crippen molar-refractivity contribution in [2.75, 3.05) is 10.0 Å². The van der Waals surface area contributed by atoms with E-state index in [1.165, 1.54) is 36.4 Å². The Bertz CT molecular complexity index is 1350. The Morgan fingerprint density at radius 1 is 0.914 bits per heavy atom. The second-order valence-corrected chi connectivity index (χ2v) is 10.5. The molecule has 0 radical (unpaired) electrons. The molecule has 184 valence electrons. The zero-order valence-electron chi connectivity index (χ0n) is 19.2. The standard InChI is InChI=1S/C25H24F2N2O5S/c1-25(2,3)24(32)28-16-9-11-17(12-10-16)35(33,34)29-21-14-19(26)18(13-20(21)27)23(31)22(30)15-7-5-4-6-8-15/h4-14,23,29,31H,1-3H3,(H,28,32). The number of benzene rings is 3. The van der Waals surface area contributed by atoms with Gasteiger partial charge in [-0.15, -0.1) is 0 Å². The maximum atomic E-state index is 14.7. The zero-order chi connectivity index (χ0) is 26.0. The molecule has 1 atom stereocenters. The Morgan fingerprint density at radius 2 is 1.51 bits per heavy atom. The highest BCUT2D eigenvalue weighted by atomic mass is 32.2. The summed E-state index contributed by atoms with van der Waals surface area (Å²) in [5.74, 6) is -3.45. The second-order valence-electron chi connectivity index (χ2n) is 8.82. The first kappa shape index (κ1) is 26.0. The van der Waals surface area contributed by atoms with Crippen LogP contribution < -0.4 is 10.0 Å². The highest BCUT2D eigenvalue weighted by Gasteiger charge is 2.26. The van der Waals surface area contributed by atoms with Crippen molar-refractivity contribution in [2.24, 2.45) is 5.41 Å². The molecule has 7 nitrogen and oxygen atoms in total. The molecule has 3 N–H and O–H groups in total. The van der Waals surface area contributed by atoms with Crippen molar-refractivity contribution in [3.05, 3.63) is 89.5 Å². The lowest BCUT2D eigenvalue weighted by Crippen LogP contribution is -2.27. The number of halogens is 2. The number of hydrogen-bond acceptors (Lipinski definition) is 5. The van der Waals surface area contributed by atoms with Gasteiger partial charge in [0.25, 0.3) is 10.0 Å². The Labute approximate surface area is 201 Å². The largest absolute Gasteiger partial charge is 0.380 e. The predicted octanol–water partition coefficient (Wildman–Crippen LogP) is 4.67. The molecule has 0 saturated heterocycles. The van der Waals surface area contributed by atoms with Crippen LogP contribution in [-0.2, 0) is 14.8 Å². The third-order valence-corrected chi connectivity index (χ3v) is 6.42. The summed E-state index contributed by atoms with van der Waals surface area (Å²) >= 11 is 0. The van der Waals surface area contributed by atoms with Crippen LogP contribution in [0.5, 0.6) is 0 Å². The van der Waals surface area contributed by atoms with Crippen LogP contribution in [0.1, 0.15) is 42.8 Å². The van der Waals surface area contributed by atoms with Gasteiger partial charge in [-0.1, -0.05) is 51.1 Å². The maximum absolute atomic E-state index is 14.7. The molecule has 0 aromatic heterocycles. The summed E-state index contributed by atoms with van der Waals surface area (Å²) in [5, 5.41) is 12.9. The molecule has 1 unspecified atom stereocenters. The first-order valence-corrected chi connectivity index (χ1v) is 12.0. The van der Waals surface area contributed by atoms with Crippen LogP contribution in [0.2, 0.25) is 0 Å². The van der Waals surface area contributed by atoms with E-state index in [4.69, 9.17) is 0 Å². The Hall–Kier alpha value is -3.63. The van der Waals surface area contributed by atoms with Crippen molar-refractivity contribution in [1.29, 1.82) is 0 Å². The smallest absolute Gasteiger partial charge is 0.261 e. The topological polar surface area (TPSA) is 113 Å². The normalized spacial score (nSPS) is 12.6. The number of ketones is 1. The number of carbonyl (C=O) groups excluding carboxylic acids is 2. The van der Waals surface area contributed by atoms with Crippen molar-refractivity contribution in [1.82, 2.24) is 0 Å². The van der Waals surface area contributed by atoms with Crippen molar-refractivity contribution < 1.29 is 31.9 Å². The lowest BCUT2D eigenvalue weighted by molar-refractivity contribution is -0.123. The lowest BCUT2D eigenvalue weighted by atomic mass is 9.95. The van der Waals surface area contributed by atoms with Crippen LogP contribution in [0.3, 0.4) is 0 Å². The van der Waals surface area contributed by atoms with Gasteiger partial charge in [0, 0.05) is 28.3 Å². The van der Waals surface area contributed by atoms with E-state index < -0.39 is 50.2 Å². The van der Waals surface area contributed by atoms with E-state index in [1.54, 1.807) is 39.0 Å². The van der Waals surface area contributed by atoms with E-state index in [0.29, 0.717) is 17.8 Å². The van der Waals surface area contributed by atoms with Gasteiger partial charge in [0.1, 0.15) is 17.7 Å². The third kappa shape index (κ3) is 6.09. The molecule has 3 aromatic carbocycles. The van der Waals surface area contributed by atoms with Gasteiger partial charge in [0.2, 0.25) is 5.91 Å². The lowest BCUT2D eigenvalue weighted by Gasteiger charge is -2.18. The number of aliphatic hydroxyl groups excluding tert-OH is 1. The third-order valence-electron chi connectivity index (χ3n) is 5.04. The van der Waals surface area contributed by atoms with E-state index in [-0.39, 0.29) is 16.4 Å². The van der Waals surface area contributed by atoms with Gasteiger partial charge >= 0.3 is 0 Å². The van der Waals surface area contributed by atoms with Crippen LogP contribution in [0.15, 0.2) is 71.6 Å². The van der Waals surface area contributed by atoms with E-state index in [1.807, 2.05) is 4.72 Å². The van der Waals surface area contributed by atoms with E-state index in [0.717, 1.165) is 0 Å². The van der Waals surface area contributed by atoms with Gasteiger partial charge in [-0.25, -0.2) is 17.2 Å². The minimum atomic E-state index is -4.32. The van der Waals surface area contributed by atoms with Crippen LogP contribution in [0, 0.1) is 17.0 Å². The van der Waals surface area contributed by atoms with Crippen molar-refractivity contribution >= 4 is 33.1 Å². The predicted molar refractivity (Wildman–Crippen MR) is 127 cm³/mol. The van der Waals surface area contributed by atoms with Gasteiger partial charge in [0.05, 0.1) is 10.6 Å². The molecule has 1 amide bonds. The molecule has 3 aromatic rings. The molecule has 0 saturated carbocycles. The van der Waals surface area contributed by atoms with Gasteiger partial charge in [0.15, 0.2) is 5.78 Å². The average molecular weight is 503 g/mol. The molecule has 0 bridgehead atoms. The molecule has 3 rings (SSSR count). The van der Waals surface area contributed by atoms with Crippen molar-refractivity contribution in [2.45, 2.75) is 31.8 Å². The summed E-state index contributed by atoms with van der Waals surface area (Å²) in [7, 11) is -4.32. The van der Waals surface area contributed by atoms with Crippen molar-refractivity contribution in [3.8, 4) is 0 Å². The molecule has 0 aliphatic heterocycles. The fourth-order valence-corrected chi connectivity index (χ4v) is 4.05. The number of anilines is 2. The van der Waals surface area contributed by atoms with Gasteiger partial charge in [-0.2, -0.15) is 0 Å². The molecule has 0 aliphatic rings. The summed E-state index contributed by atoms with van der Waals surface area (Å²) in [5.41, 5.74) is -1.51. The van der Waals surface area contributed by atoms with Gasteiger partial charge in [-0.05, 0) is 30.3 Å². The minimum Gasteiger partial charge on any atom is -0.380 e. The molecule has 0 heterocycles. The minimum absolute atomic E-state index is 0.103. The van der Waals surface area contributed by atoms with E-state index >= 15 is 0 Å². The molecule has 0 spiro atoms. The fourth-order valence-electron chi connectivity index (χ4n) is 2.99. The molecular weight excluding hydrogens is 478 g/mol. The first-order chi connectivity index (χ1) is 16.3. The van der Waals surface area contributed by atoms with E-state index in [9.17, 15) is 31.9 Å². The summed E-state index contributed by atoms with van der Waals surface area (Å²) in [4.78, 5) is 24.2. The number of nitrogens with one attached hydrogen (secondary N) is 2. The maximum Gasteiger partial charge on any atom is 0.261 e. The second kappa shape index (κ2) is 9.93. The Morgan fingerprint density at radius 3 is 2.09 bits per heavy atom. The number of amides is 1. The van der Waals surface area contributed by atoms with Crippen LogP contribution in [0.4, 0.5) is 20.2 Å². The van der Waals surface area contributed by atoms with E-state index in [2.05, 4.69) is 5.32 Å². The Balaban J connectivity index is 1.80. The molecular formula is C25H24F2N2O5S. The van der Waals surface area contributed by atoms with Crippen LogP contribution in [0.25, 0.3) is 0 Å². The first-order valence-electron chi connectivity index (χ1n) is 10.5. The number of hydrogen-bond donors (Lipinski definition) is 3. The van der Waals surface area contributed by atoms with Gasteiger partial charge in [-0.3, -0.25) is 14.3 Å². The SMILES string of the molecule is CC(C)(C)C(=O)Nc1ccc(S(=O)(=O)Nc2cc(F)c(C(O)C(=O)c3ccccc3)cc2F)cc1.